The maximum absolute atomic E-state index is 12.3. The van der Waals surface area contributed by atoms with Crippen LogP contribution in [0, 0.1) is 6.92 Å². The Balaban J connectivity index is 1.71. The van der Waals surface area contributed by atoms with Crippen molar-refractivity contribution in [2.45, 2.75) is 26.7 Å². The first kappa shape index (κ1) is 22.9. The van der Waals surface area contributed by atoms with Gasteiger partial charge in [-0.15, -0.1) is 0 Å². The highest BCUT2D eigenvalue weighted by molar-refractivity contribution is 5.77. The predicted molar refractivity (Wildman–Crippen MR) is 132 cm³/mol. The van der Waals surface area contributed by atoms with Crippen molar-refractivity contribution >= 4 is 11.7 Å². The molecule has 33 heavy (non-hydrogen) atoms. The van der Waals surface area contributed by atoms with Crippen molar-refractivity contribution in [3.63, 3.8) is 0 Å². The molecule has 1 amide bonds. The fourth-order valence-corrected chi connectivity index (χ4v) is 4.38. The van der Waals surface area contributed by atoms with Crippen molar-refractivity contribution in [1.29, 1.82) is 0 Å². The lowest BCUT2D eigenvalue weighted by molar-refractivity contribution is -0.135. The van der Waals surface area contributed by atoms with E-state index in [1.807, 2.05) is 23.1 Å². The average Bonchev–Trinajstić information content (AvgIpc) is 2.85. The van der Waals surface area contributed by atoms with Crippen molar-refractivity contribution in [2.24, 2.45) is 0 Å². The molecule has 0 radical (unpaired) electrons. The largest absolute Gasteiger partial charge is 0.375 e. The highest BCUT2D eigenvalue weighted by Crippen LogP contribution is 2.29. The van der Waals surface area contributed by atoms with Gasteiger partial charge in [0.15, 0.2) is 5.82 Å². The summed E-state index contributed by atoms with van der Waals surface area (Å²) in [6.07, 6.45) is 1.63. The molecule has 1 aromatic heterocycles. The number of aryl methyl sites for hydroxylation is 2. The van der Waals surface area contributed by atoms with Crippen molar-refractivity contribution in [3.05, 3.63) is 77.0 Å². The number of piperazine rings is 1. The quantitative estimate of drug-likeness (QED) is 0.553. The van der Waals surface area contributed by atoms with Crippen LogP contribution in [0.3, 0.4) is 0 Å². The number of hydrogen-bond acceptors (Lipinski definition) is 5. The second-order valence-corrected chi connectivity index (χ2v) is 8.48. The number of carbonyl (C=O) groups excluding carboxylic acids is 1. The van der Waals surface area contributed by atoms with E-state index >= 15 is 0 Å². The van der Waals surface area contributed by atoms with E-state index in [9.17, 15) is 4.79 Å². The number of hydrogen-bond donors (Lipinski definition) is 0. The molecule has 6 nitrogen and oxygen atoms in total. The molecule has 0 aliphatic carbocycles. The SMILES string of the molecule is CCc1nc(-c2ccccc2)nc(N2CCN(C(=O)COC)CC2)c1Cc1cccc(C)c1. The van der Waals surface area contributed by atoms with Crippen LogP contribution in [0.25, 0.3) is 11.4 Å². The third kappa shape index (κ3) is 5.40. The first-order valence-corrected chi connectivity index (χ1v) is 11.6. The summed E-state index contributed by atoms with van der Waals surface area (Å²) in [7, 11) is 1.56. The summed E-state index contributed by atoms with van der Waals surface area (Å²) < 4.78 is 5.03. The van der Waals surface area contributed by atoms with Crippen LogP contribution in [0.2, 0.25) is 0 Å². The number of methoxy groups -OCH3 is 1. The van der Waals surface area contributed by atoms with Gasteiger partial charge in [0.05, 0.1) is 0 Å². The van der Waals surface area contributed by atoms with Crippen LogP contribution in [-0.2, 0) is 22.4 Å². The molecule has 0 atom stereocenters. The maximum atomic E-state index is 12.3. The number of rotatable bonds is 7. The Kier molecular flexibility index (Phi) is 7.35. The smallest absolute Gasteiger partial charge is 0.248 e. The van der Waals surface area contributed by atoms with Gasteiger partial charge in [0, 0.05) is 56.5 Å². The summed E-state index contributed by atoms with van der Waals surface area (Å²) in [5.41, 5.74) is 5.79. The first-order valence-electron chi connectivity index (χ1n) is 11.6. The number of amides is 1. The Morgan fingerprint density at radius 3 is 2.42 bits per heavy atom. The molecule has 1 saturated heterocycles. The highest BCUT2D eigenvalue weighted by Gasteiger charge is 2.25. The molecule has 0 bridgehead atoms. The molecule has 2 heterocycles. The molecule has 0 N–H and O–H groups in total. The number of benzene rings is 2. The number of carbonyl (C=O) groups is 1. The van der Waals surface area contributed by atoms with Crippen LogP contribution in [0.15, 0.2) is 54.6 Å². The normalized spacial score (nSPS) is 13.9. The summed E-state index contributed by atoms with van der Waals surface area (Å²) in [5, 5.41) is 0. The van der Waals surface area contributed by atoms with Gasteiger partial charge >= 0.3 is 0 Å². The van der Waals surface area contributed by atoms with Gasteiger partial charge in [-0.25, -0.2) is 9.97 Å². The second-order valence-electron chi connectivity index (χ2n) is 8.48. The minimum absolute atomic E-state index is 0.0408. The number of ether oxygens (including phenoxy) is 1. The van der Waals surface area contributed by atoms with E-state index < -0.39 is 0 Å². The zero-order chi connectivity index (χ0) is 23.2. The average molecular weight is 445 g/mol. The number of nitrogens with zero attached hydrogens (tertiary/aromatic N) is 4. The van der Waals surface area contributed by atoms with Crippen LogP contribution >= 0.6 is 0 Å². The molecule has 0 unspecified atom stereocenters. The van der Waals surface area contributed by atoms with Gasteiger partial charge in [-0.1, -0.05) is 67.1 Å². The highest BCUT2D eigenvalue weighted by atomic mass is 16.5. The second kappa shape index (κ2) is 10.6. The third-order valence-electron chi connectivity index (χ3n) is 6.10. The summed E-state index contributed by atoms with van der Waals surface area (Å²) in [6.45, 7) is 7.22. The molecule has 4 rings (SSSR count). The van der Waals surface area contributed by atoms with E-state index in [0.717, 1.165) is 48.8 Å². The van der Waals surface area contributed by atoms with E-state index in [4.69, 9.17) is 14.7 Å². The maximum Gasteiger partial charge on any atom is 0.248 e. The standard InChI is InChI=1S/C27H32N4O2/c1-4-24-23(18-21-10-8-9-20(2)17-21)27(29-26(28-24)22-11-6-5-7-12-22)31-15-13-30(14-16-31)25(32)19-33-3/h5-12,17H,4,13-16,18-19H2,1-3H3. The summed E-state index contributed by atoms with van der Waals surface area (Å²) >= 11 is 0. The predicted octanol–water partition coefficient (Wildman–Crippen LogP) is 3.90. The molecule has 6 heteroatoms. The molecule has 3 aromatic rings. The van der Waals surface area contributed by atoms with Gasteiger partial charge < -0.3 is 14.5 Å². The molecule has 1 aliphatic rings. The third-order valence-corrected chi connectivity index (χ3v) is 6.10. The Hall–Kier alpha value is -3.25. The fourth-order valence-electron chi connectivity index (χ4n) is 4.38. The lowest BCUT2D eigenvalue weighted by Gasteiger charge is -2.36. The molecule has 0 saturated carbocycles. The van der Waals surface area contributed by atoms with Crippen LogP contribution in [-0.4, -0.2) is 60.7 Å². The Labute approximate surface area is 196 Å². The van der Waals surface area contributed by atoms with Crippen LogP contribution in [0.1, 0.15) is 29.3 Å². The number of aromatic nitrogens is 2. The van der Waals surface area contributed by atoms with E-state index in [2.05, 4.69) is 55.1 Å². The first-order chi connectivity index (χ1) is 16.1. The summed E-state index contributed by atoms with van der Waals surface area (Å²) in [4.78, 5) is 26.5. The van der Waals surface area contributed by atoms with Crippen LogP contribution in [0.4, 0.5) is 5.82 Å². The minimum Gasteiger partial charge on any atom is -0.375 e. The molecular weight excluding hydrogens is 412 g/mol. The van der Waals surface area contributed by atoms with E-state index in [1.54, 1.807) is 7.11 Å². The monoisotopic (exact) mass is 444 g/mol. The lowest BCUT2D eigenvalue weighted by Crippen LogP contribution is -2.50. The van der Waals surface area contributed by atoms with Crippen molar-refractivity contribution in [1.82, 2.24) is 14.9 Å². The van der Waals surface area contributed by atoms with Crippen LogP contribution < -0.4 is 4.90 Å². The van der Waals surface area contributed by atoms with Gasteiger partial charge in [0.1, 0.15) is 12.4 Å². The van der Waals surface area contributed by atoms with Crippen LogP contribution in [0.5, 0.6) is 0 Å². The Morgan fingerprint density at radius 2 is 1.76 bits per heavy atom. The van der Waals surface area contributed by atoms with Gasteiger partial charge in [0.25, 0.3) is 0 Å². The Morgan fingerprint density at radius 1 is 1.00 bits per heavy atom. The van der Waals surface area contributed by atoms with Crippen molar-refractivity contribution in [3.8, 4) is 11.4 Å². The molecule has 1 fully saturated rings. The molecule has 0 spiro atoms. The fraction of sp³-hybridized carbons (Fsp3) is 0.370. The van der Waals surface area contributed by atoms with Gasteiger partial charge in [-0.05, 0) is 18.9 Å². The molecule has 172 valence electrons. The molecule has 2 aromatic carbocycles. The summed E-state index contributed by atoms with van der Waals surface area (Å²) in [6, 6.07) is 18.8. The zero-order valence-corrected chi connectivity index (χ0v) is 19.8. The topological polar surface area (TPSA) is 58.6 Å². The van der Waals surface area contributed by atoms with Crippen molar-refractivity contribution < 1.29 is 9.53 Å². The van der Waals surface area contributed by atoms with E-state index in [1.165, 1.54) is 16.7 Å². The zero-order valence-electron chi connectivity index (χ0n) is 19.8. The number of anilines is 1. The lowest BCUT2D eigenvalue weighted by atomic mass is 10.00. The Bertz CT molecular complexity index is 1090. The summed E-state index contributed by atoms with van der Waals surface area (Å²) in [5.74, 6) is 1.79. The van der Waals surface area contributed by atoms with Gasteiger partial charge in [-0.3, -0.25) is 4.79 Å². The van der Waals surface area contributed by atoms with E-state index in [-0.39, 0.29) is 12.5 Å². The molecular formula is C27H32N4O2. The molecule has 1 aliphatic heterocycles. The minimum atomic E-state index is 0.0408. The van der Waals surface area contributed by atoms with Gasteiger partial charge in [0.2, 0.25) is 5.91 Å². The van der Waals surface area contributed by atoms with Crippen molar-refractivity contribution in [2.75, 3.05) is 44.8 Å². The van der Waals surface area contributed by atoms with Gasteiger partial charge in [-0.2, -0.15) is 0 Å². The van der Waals surface area contributed by atoms with E-state index in [0.29, 0.717) is 13.1 Å².